The SMILES string of the molecule is [SeH]=C1NCCCN1. The molecule has 0 aromatic heterocycles. The molecule has 1 radical (unpaired) electrons. The molecular weight excluding hydrogens is 155 g/mol. The van der Waals surface area contributed by atoms with Crippen LogP contribution in [0.1, 0.15) is 6.42 Å². The fraction of sp³-hybridized carbons (Fsp3) is 0.750. The Labute approximate surface area is 51.0 Å². The van der Waals surface area contributed by atoms with E-state index in [0.717, 1.165) is 17.8 Å². The van der Waals surface area contributed by atoms with Crippen LogP contribution in [0, 0.1) is 0 Å². The fourth-order valence-electron chi connectivity index (χ4n) is 0.564. The van der Waals surface area contributed by atoms with Gasteiger partial charge in [0.2, 0.25) is 0 Å². The summed E-state index contributed by atoms with van der Waals surface area (Å²) < 4.78 is 1.15. The Morgan fingerprint density at radius 3 is 2.14 bits per heavy atom. The molecule has 1 fully saturated rings. The standard InChI is InChI=1S/C4H9N2Se/c7-4-5-2-1-3-6-4/h5-7H,1-3H2. The molecule has 0 spiro atoms. The number of hydrogen-bond acceptors (Lipinski definition) is 2. The summed E-state index contributed by atoms with van der Waals surface area (Å²) in [6, 6.07) is 0. The Morgan fingerprint density at radius 2 is 1.86 bits per heavy atom. The Kier molecular flexibility index (Phi) is 2.00. The molecule has 0 amide bonds. The van der Waals surface area contributed by atoms with Crippen LogP contribution in [0.3, 0.4) is 0 Å². The fourth-order valence-corrected chi connectivity index (χ4v) is 1.03. The molecule has 2 N–H and O–H groups in total. The molecule has 7 heavy (non-hydrogen) atoms. The zero-order chi connectivity index (χ0) is 5.11. The molecule has 1 aliphatic heterocycles. The first-order valence-corrected chi connectivity index (χ1v) is 3.37. The van der Waals surface area contributed by atoms with Gasteiger partial charge in [0.15, 0.2) is 0 Å². The third-order valence-corrected chi connectivity index (χ3v) is 1.60. The zero-order valence-electron chi connectivity index (χ0n) is 4.07. The van der Waals surface area contributed by atoms with Gasteiger partial charge in [-0.2, -0.15) is 0 Å². The first kappa shape index (κ1) is 5.45. The van der Waals surface area contributed by atoms with Gasteiger partial charge < -0.3 is 0 Å². The Balaban J connectivity index is 2.25. The molecule has 0 atom stereocenters. The molecule has 41 valence electrons. The topological polar surface area (TPSA) is 24.1 Å². The second-order valence-corrected chi connectivity index (χ2v) is 2.49. The van der Waals surface area contributed by atoms with Gasteiger partial charge in [-0.05, 0) is 0 Å². The van der Waals surface area contributed by atoms with Gasteiger partial charge in [0.25, 0.3) is 0 Å². The van der Waals surface area contributed by atoms with Crippen molar-refractivity contribution in [1.29, 1.82) is 0 Å². The van der Waals surface area contributed by atoms with E-state index in [2.05, 4.69) is 26.2 Å². The molecule has 0 aliphatic carbocycles. The van der Waals surface area contributed by atoms with Crippen molar-refractivity contribution in [3.05, 3.63) is 0 Å². The van der Waals surface area contributed by atoms with E-state index in [-0.39, 0.29) is 0 Å². The van der Waals surface area contributed by atoms with E-state index in [4.69, 9.17) is 0 Å². The van der Waals surface area contributed by atoms with Crippen LogP contribution in [0.25, 0.3) is 0 Å². The second kappa shape index (κ2) is 2.58. The number of rotatable bonds is 0. The Bertz CT molecular complexity index is 73.8. The summed E-state index contributed by atoms with van der Waals surface area (Å²) in [5, 5.41) is 6.32. The second-order valence-electron chi connectivity index (χ2n) is 1.56. The third kappa shape index (κ3) is 1.70. The molecule has 0 aromatic rings. The van der Waals surface area contributed by atoms with Crippen molar-refractivity contribution in [2.75, 3.05) is 13.1 Å². The van der Waals surface area contributed by atoms with E-state index in [0.29, 0.717) is 0 Å². The van der Waals surface area contributed by atoms with Gasteiger partial charge in [-0.25, -0.2) is 0 Å². The van der Waals surface area contributed by atoms with Gasteiger partial charge >= 0.3 is 50.4 Å². The third-order valence-electron chi connectivity index (χ3n) is 0.938. The van der Waals surface area contributed by atoms with Gasteiger partial charge in [0.1, 0.15) is 0 Å². The summed E-state index contributed by atoms with van der Waals surface area (Å²) in [6.45, 7) is 2.24. The first-order chi connectivity index (χ1) is 3.39. The van der Waals surface area contributed by atoms with Crippen LogP contribution in [-0.2, 0) is 0 Å². The Hall–Kier alpha value is 0.309. The van der Waals surface area contributed by atoms with Crippen molar-refractivity contribution in [2.24, 2.45) is 0 Å². The molecule has 1 saturated heterocycles. The molecule has 1 heterocycles. The van der Waals surface area contributed by atoms with E-state index >= 15 is 0 Å². The summed E-state index contributed by atoms with van der Waals surface area (Å²) in [4.78, 5) is 0. The van der Waals surface area contributed by atoms with Crippen molar-refractivity contribution in [2.45, 2.75) is 6.42 Å². The van der Waals surface area contributed by atoms with Crippen LogP contribution in [-0.4, -0.2) is 33.3 Å². The first-order valence-electron chi connectivity index (χ1n) is 2.43. The monoisotopic (exact) mass is 165 g/mol. The molecule has 1 aliphatic rings. The number of nitrogens with one attached hydrogen (secondary N) is 2. The molecule has 0 bridgehead atoms. The summed E-state index contributed by atoms with van der Waals surface area (Å²) in [5.41, 5.74) is 0. The van der Waals surface area contributed by atoms with Crippen molar-refractivity contribution in [3.63, 3.8) is 0 Å². The van der Waals surface area contributed by atoms with Crippen LogP contribution in [0.2, 0.25) is 0 Å². The molecular formula is C4H9N2Se. The van der Waals surface area contributed by atoms with E-state index in [1.807, 2.05) is 0 Å². The minimum absolute atomic E-state index is 1.12. The van der Waals surface area contributed by atoms with E-state index in [1.54, 1.807) is 0 Å². The summed E-state index contributed by atoms with van der Waals surface area (Å²) in [7, 11) is 0. The maximum absolute atomic E-state index is 3.16. The van der Waals surface area contributed by atoms with E-state index in [1.165, 1.54) is 6.42 Å². The summed E-state index contributed by atoms with van der Waals surface area (Å²) in [6.07, 6.45) is 1.24. The van der Waals surface area contributed by atoms with Crippen LogP contribution < -0.4 is 10.6 Å². The van der Waals surface area contributed by atoms with Gasteiger partial charge in [0.05, 0.1) is 0 Å². The normalized spacial score (nSPS) is 22.6. The van der Waals surface area contributed by atoms with Gasteiger partial charge in [-0.1, -0.05) is 0 Å². The van der Waals surface area contributed by atoms with Crippen LogP contribution >= 0.6 is 0 Å². The van der Waals surface area contributed by atoms with Crippen molar-refractivity contribution in [3.8, 4) is 0 Å². The van der Waals surface area contributed by atoms with Crippen LogP contribution in [0.4, 0.5) is 0 Å². The van der Waals surface area contributed by atoms with E-state index in [9.17, 15) is 0 Å². The van der Waals surface area contributed by atoms with Crippen molar-refractivity contribution < 1.29 is 0 Å². The quantitative estimate of drug-likeness (QED) is 0.428. The number of hydrogen-bond donors (Lipinski definition) is 2. The molecule has 1 rings (SSSR count). The molecule has 0 aromatic carbocycles. The van der Waals surface area contributed by atoms with Gasteiger partial charge in [0, 0.05) is 0 Å². The van der Waals surface area contributed by atoms with Crippen LogP contribution in [0.5, 0.6) is 0 Å². The predicted molar refractivity (Wildman–Crippen MR) is 32.8 cm³/mol. The van der Waals surface area contributed by atoms with Gasteiger partial charge in [-0.15, -0.1) is 0 Å². The van der Waals surface area contributed by atoms with E-state index < -0.39 is 0 Å². The predicted octanol–water partition coefficient (Wildman–Crippen LogP) is -1.44. The zero-order valence-corrected chi connectivity index (χ0v) is 5.95. The van der Waals surface area contributed by atoms with Crippen LogP contribution in [0.15, 0.2) is 0 Å². The summed E-state index contributed by atoms with van der Waals surface area (Å²) in [5.74, 6) is 0. The molecule has 0 saturated carbocycles. The minimum atomic E-state index is 1.12. The molecule has 2 nitrogen and oxygen atoms in total. The Morgan fingerprint density at radius 1 is 1.29 bits per heavy atom. The average Bonchev–Trinajstić information content (AvgIpc) is 1.69. The van der Waals surface area contributed by atoms with Gasteiger partial charge in [-0.3, -0.25) is 0 Å². The molecule has 0 unspecified atom stereocenters. The maximum atomic E-state index is 3.16. The van der Waals surface area contributed by atoms with Crippen molar-refractivity contribution >= 4 is 20.2 Å². The average molecular weight is 164 g/mol. The van der Waals surface area contributed by atoms with Crippen molar-refractivity contribution in [1.82, 2.24) is 10.6 Å². The summed E-state index contributed by atoms with van der Waals surface area (Å²) >= 11 is 2.46. The molecule has 3 heteroatoms.